The molecule has 0 aliphatic heterocycles. The van der Waals surface area contributed by atoms with Crippen molar-refractivity contribution in [3.63, 3.8) is 0 Å². The molecule has 0 spiro atoms. The molecule has 0 unspecified atom stereocenters. The topological polar surface area (TPSA) is 86.1 Å². The number of carbonyl (C=O) groups is 1. The second-order valence-corrected chi connectivity index (χ2v) is 8.16. The maximum absolute atomic E-state index is 13.2. The van der Waals surface area contributed by atoms with Crippen molar-refractivity contribution in [2.45, 2.75) is 18.6 Å². The van der Waals surface area contributed by atoms with Gasteiger partial charge in [0.05, 0.1) is 24.8 Å². The lowest BCUT2D eigenvalue weighted by Gasteiger charge is -2.13. The maximum Gasteiger partial charge on any atom is 0.263 e. The van der Waals surface area contributed by atoms with E-state index < -0.39 is 0 Å². The third kappa shape index (κ3) is 4.97. The van der Waals surface area contributed by atoms with Crippen LogP contribution in [-0.2, 0) is 11.3 Å². The van der Waals surface area contributed by atoms with E-state index in [1.807, 2.05) is 55.5 Å². The zero-order valence-corrected chi connectivity index (χ0v) is 18.6. The van der Waals surface area contributed by atoms with Gasteiger partial charge in [0, 0.05) is 11.9 Å². The number of amides is 1. The number of hydrogen-bond acceptors (Lipinski definition) is 6. The first kappa shape index (κ1) is 21.6. The summed E-state index contributed by atoms with van der Waals surface area (Å²) in [5.41, 5.74) is 2.89. The van der Waals surface area contributed by atoms with Gasteiger partial charge in [0.15, 0.2) is 10.8 Å². The first-order chi connectivity index (χ1) is 15.5. The van der Waals surface area contributed by atoms with E-state index in [9.17, 15) is 9.59 Å². The number of aryl methyl sites for hydroxylation is 1. The van der Waals surface area contributed by atoms with E-state index in [1.54, 1.807) is 30.0 Å². The highest BCUT2D eigenvalue weighted by molar-refractivity contribution is 7.99. The van der Waals surface area contributed by atoms with E-state index in [4.69, 9.17) is 4.74 Å². The minimum Gasteiger partial charge on any atom is -0.497 e. The molecule has 32 heavy (non-hydrogen) atoms. The number of methoxy groups -OCH3 is 1. The Kier molecular flexibility index (Phi) is 6.51. The molecule has 0 bridgehead atoms. The molecule has 4 rings (SSSR count). The van der Waals surface area contributed by atoms with Gasteiger partial charge in [0.2, 0.25) is 5.91 Å². The predicted octanol–water partition coefficient (Wildman–Crippen LogP) is 3.89. The standard InChI is InChI=1S/C24H22N4O3S/c1-16-5-3-6-18(13-16)26-21(29)15-32-24-27-22-20(7-4-12-25-22)23(30)28(24)14-17-8-10-19(31-2)11-9-17/h3-13H,14-15H2,1-2H3,(H,26,29). The Morgan fingerprint density at radius 3 is 2.69 bits per heavy atom. The van der Waals surface area contributed by atoms with Gasteiger partial charge in [0.25, 0.3) is 5.56 Å². The van der Waals surface area contributed by atoms with E-state index in [0.717, 1.165) is 22.6 Å². The van der Waals surface area contributed by atoms with Crippen LogP contribution in [0.25, 0.3) is 11.0 Å². The van der Waals surface area contributed by atoms with Crippen LogP contribution in [0.1, 0.15) is 11.1 Å². The number of fused-ring (bicyclic) bond motifs is 1. The second kappa shape index (κ2) is 9.65. The maximum atomic E-state index is 13.2. The van der Waals surface area contributed by atoms with E-state index >= 15 is 0 Å². The molecule has 2 aromatic carbocycles. The second-order valence-electron chi connectivity index (χ2n) is 7.21. The van der Waals surface area contributed by atoms with E-state index in [2.05, 4.69) is 15.3 Å². The molecule has 8 heteroatoms. The van der Waals surface area contributed by atoms with Crippen molar-refractivity contribution in [1.82, 2.24) is 14.5 Å². The smallest absolute Gasteiger partial charge is 0.263 e. The van der Waals surface area contributed by atoms with Gasteiger partial charge in [-0.15, -0.1) is 0 Å². The van der Waals surface area contributed by atoms with Crippen molar-refractivity contribution in [2.24, 2.45) is 0 Å². The first-order valence-electron chi connectivity index (χ1n) is 10.0. The van der Waals surface area contributed by atoms with Gasteiger partial charge in [-0.25, -0.2) is 9.97 Å². The molecule has 0 aliphatic rings. The predicted molar refractivity (Wildman–Crippen MR) is 126 cm³/mol. The van der Waals surface area contributed by atoms with Crippen molar-refractivity contribution in [1.29, 1.82) is 0 Å². The van der Waals surface area contributed by atoms with Crippen molar-refractivity contribution in [3.8, 4) is 5.75 Å². The Balaban J connectivity index is 1.60. The van der Waals surface area contributed by atoms with Crippen LogP contribution >= 0.6 is 11.8 Å². The minimum atomic E-state index is -0.194. The lowest BCUT2D eigenvalue weighted by Crippen LogP contribution is -2.25. The first-order valence-corrected chi connectivity index (χ1v) is 11.0. The van der Waals surface area contributed by atoms with Crippen LogP contribution in [-0.4, -0.2) is 33.3 Å². The molecule has 162 valence electrons. The fourth-order valence-electron chi connectivity index (χ4n) is 3.25. The number of anilines is 1. The van der Waals surface area contributed by atoms with E-state index in [0.29, 0.717) is 22.7 Å². The van der Waals surface area contributed by atoms with Gasteiger partial charge in [-0.1, -0.05) is 36.0 Å². The van der Waals surface area contributed by atoms with Crippen molar-refractivity contribution in [3.05, 3.63) is 88.3 Å². The number of rotatable bonds is 7. The Morgan fingerprint density at radius 1 is 1.12 bits per heavy atom. The average molecular weight is 447 g/mol. The lowest BCUT2D eigenvalue weighted by atomic mass is 10.2. The molecule has 4 aromatic rings. The number of nitrogens with one attached hydrogen (secondary N) is 1. The number of aromatic nitrogens is 3. The summed E-state index contributed by atoms with van der Waals surface area (Å²) in [6.07, 6.45) is 1.60. The zero-order valence-electron chi connectivity index (χ0n) is 17.7. The molecule has 2 aromatic heterocycles. The van der Waals surface area contributed by atoms with E-state index in [1.165, 1.54) is 11.8 Å². The molecular formula is C24H22N4O3S. The van der Waals surface area contributed by atoms with Crippen molar-refractivity contribution >= 4 is 34.4 Å². The number of benzene rings is 2. The Hall–Kier alpha value is -3.65. The summed E-state index contributed by atoms with van der Waals surface area (Å²) >= 11 is 1.21. The molecule has 2 heterocycles. The fourth-order valence-corrected chi connectivity index (χ4v) is 4.04. The number of carbonyl (C=O) groups excluding carboxylic acids is 1. The molecular weight excluding hydrogens is 424 g/mol. The fraction of sp³-hybridized carbons (Fsp3) is 0.167. The SMILES string of the molecule is COc1ccc(Cn2c(SCC(=O)Nc3cccc(C)c3)nc3ncccc3c2=O)cc1. The van der Waals surface area contributed by atoms with E-state index in [-0.39, 0.29) is 17.2 Å². The van der Waals surface area contributed by atoms with Crippen LogP contribution in [0.4, 0.5) is 5.69 Å². The molecule has 0 fully saturated rings. The molecule has 0 radical (unpaired) electrons. The largest absolute Gasteiger partial charge is 0.497 e. The van der Waals surface area contributed by atoms with Crippen LogP contribution in [0, 0.1) is 6.92 Å². The Labute approximate surface area is 189 Å². The highest BCUT2D eigenvalue weighted by atomic mass is 32.2. The molecule has 0 saturated carbocycles. The summed E-state index contributed by atoms with van der Waals surface area (Å²) in [6.45, 7) is 2.29. The summed E-state index contributed by atoms with van der Waals surface area (Å²) in [5.74, 6) is 0.678. The van der Waals surface area contributed by atoms with Crippen LogP contribution in [0.3, 0.4) is 0 Å². The highest BCUT2D eigenvalue weighted by Gasteiger charge is 2.15. The molecule has 1 N–H and O–H groups in total. The number of ether oxygens (including phenoxy) is 1. The summed E-state index contributed by atoms with van der Waals surface area (Å²) in [6, 6.07) is 18.5. The number of nitrogens with zero attached hydrogens (tertiary/aromatic N) is 3. The Bertz CT molecular complexity index is 1320. The Morgan fingerprint density at radius 2 is 1.94 bits per heavy atom. The van der Waals surface area contributed by atoms with Gasteiger partial charge in [-0.05, 0) is 54.4 Å². The average Bonchev–Trinajstić information content (AvgIpc) is 2.80. The van der Waals surface area contributed by atoms with Crippen molar-refractivity contribution < 1.29 is 9.53 Å². The van der Waals surface area contributed by atoms with Crippen LogP contribution in [0.15, 0.2) is 76.8 Å². The van der Waals surface area contributed by atoms with Gasteiger partial charge in [-0.3, -0.25) is 14.2 Å². The normalized spacial score (nSPS) is 10.8. The summed E-state index contributed by atoms with van der Waals surface area (Å²) in [7, 11) is 1.61. The van der Waals surface area contributed by atoms with Gasteiger partial charge in [-0.2, -0.15) is 0 Å². The van der Waals surface area contributed by atoms with Gasteiger partial charge in [0.1, 0.15) is 5.75 Å². The third-order valence-electron chi connectivity index (χ3n) is 4.83. The number of pyridine rings is 1. The zero-order chi connectivity index (χ0) is 22.5. The molecule has 0 saturated heterocycles. The molecule has 0 aliphatic carbocycles. The number of hydrogen-bond donors (Lipinski definition) is 1. The number of thioether (sulfide) groups is 1. The molecule has 7 nitrogen and oxygen atoms in total. The van der Waals surface area contributed by atoms with Crippen LogP contribution in [0.5, 0.6) is 5.75 Å². The third-order valence-corrected chi connectivity index (χ3v) is 5.81. The monoisotopic (exact) mass is 446 g/mol. The molecule has 0 atom stereocenters. The van der Waals surface area contributed by atoms with Gasteiger partial charge >= 0.3 is 0 Å². The highest BCUT2D eigenvalue weighted by Crippen LogP contribution is 2.20. The lowest BCUT2D eigenvalue weighted by molar-refractivity contribution is -0.113. The van der Waals surface area contributed by atoms with Crippen LogP contribution < -0.4 is 15.6 Å². The molecule has 1 amide bonds. The van der Waals surface area contributed by atoms with Gasteiger partial charge < -0.3 is 10.1 Å². The van der Waals surface area contributed by atoms with Crippen LogP contribution in [0.2, 0.25) is 0 Å². The summed E-state index contributed by atoms with van der Waals surface area (Å²) < 4.78 is 6.79. The quantitative estimate of drug-likeness (QED) is 0.342. The van der Waals surface area contributed by atoms with Crippen molar-refractivity contribution in [2.75, 3.05) is 18.2 Å². The summed E-state index contributed by atoms with van der Waals surface area (Å²) in [5, 5.41) is 3.76. The summed E-state index contributed by atoms with van der Waals surface area (Å²) in [4.78, 5) is 34.5. The minimum absolute atomic E-state index is 0.112.